The van der Waals surface area contributed by atoms with Gasteiger partial charge in [-0.1, -0.05) is 18.2 Å². The number of rotatable bonds is 4. The fourth-order valence-corrected chi connectivity index (χ4v) is 7.51. The number of amides is 1. The normalized spacial score (nSPS) is 31.6. The molecular formula is C29H31F3N2O4. The quantitative estimate of drug-likeness (QED) is 0.608. The second-order valence-corrected chi connectivity index (χ2v) is 11.0. The number of carbonyl (C=O) groups is 1. The highest BCUT2D eigenvalue weighted by atomic mass is 19.4. The van der Waals surface area contributed by atoms with E-state index in [2.05, 4.69) is 18.0 Å². The average Bonchev–Trinajstić information content (AvgIpc) is 3.24. The molecule has 2 heterocycles. The second kappa shape index (κ2) is 8.48. The summed E-state index contributed by atoms with van der Waals surface area (Å²) in [6, 6.07) is 8.34. The van der Waals surface area contributed by atoms with E-state index in [4.69, 9.17) is 9.47 Å². The zero-order valence-corrected chi connectivity index (χ0v) is 21.6. The van der Waals surface area contributed by atoms with Gasteiger partial charge in [0.1, 0.15) is 6.10 Å². The molecule has 1 amide bonds. The number of nitrogens with zero attached hydrogens (tertiary/aromatic N) is 2. The third-order valence-corrected chi connectivity index (χ3v) is 9.40. The molecule has 2 aromatic carbocycles. The number of halogens is 3. The van der Waals surface area contributed by atoms with E-state index in [0.29, 0.717) is 36.3 Å². The fourth-order valence-electron chi connectivity index (χ4n) is 7.51. The largest absolute Gasteiger partial charge is 0.493 e. The summed E-state index contributed by atoms with van der Waals surface area (Å²) >= 11 is 0. The molecule has 1 saturated heterocycles. The number of aliphatic hydroxyl groups is 1. The minimum Gasteiger partial charge on any atom is -0.493 e. The van der Waals surface area contributed by atoms with Crippen molar-refractivity contribution in [2.45, 2.75) is 61.1 Å². The molecule has 1 N–H and O–H groups in total. The number of methoxy groups -OCH3 is 1. The van der Waals surface area contributed by atoms with Gasteiger partial charge in [-0.05, 0) is 74.7 Å². The maximum Gasteiger partial charge on any atom is 0.416 e. The van der Waals surface area contributed by atoms with Gasteiger partial charge in [0.2, 0.25) is 5.91 Å². The van der Waals surface area contributed by atoms with Crippen molar-refractivity contribution in [3.8, 4) is 11.5 Å². The van der Waals surface area contributed by atoms with E-state index in [-0.39, 0.29) is 18.0 Å². The smallest absolute Gasteiger partial charge is 0.416 e. The SMILES string of the molecule is COc1ccc2c3c1O[C@H]1[C@H](N(C)C(=O)C=Cc4ccc(C(F)(F)F)cc4)CC[C@@]4(O)[C@@H](C2)N(C)CC[C@]314. The van der Waals surface area contributed by atoms with Crippen LogP contribution in [0.4, 0.5) is 13.2 Å². The molecule has 0 radical (unpaired) electrons. The Balaban J connectivity index is 1.32. The predicted octanol–water partition coefficient (Wildman–Crippen LogP) is 4.04. The molecule has 202 valence electrons. The van der Waals surface area contributed by atoms with Crippen molar-refractivity contribution < 1.29 is 32.5 Å². The molecule has 2 aliphatic heterocycles. The van der Waals surface area contributed by atoms with E-state index in [9.17, 15) is 23.1 Å². The maximum atomic E-state index is 13.3. The lowest BCUT2D eigenvalue weighted by Gasteiger charge is -2.64. The summed E-state index contributed by atoms with van der Waals surface area (Å²) in [5.41, 5.74) is 0.299. The van der Waals surface area contributed by atoms with Crippen LogP contribution >= 0.6 is 0 Å². The molecular weight excluding hydrogens is 497 g/mol. The van der Waals surface area contributed by atoms with Gasteiger partial charge in [0.05, 0.1) is 29.7 Å². The van der Waals surface area contributed by atoms with Crippen molar-refractivity contribution >= 4 is 12.0 Å². The van der Waals surface area contributed by atoms with Crippen LogP contribution in [0.2, 0.25) is 0 Å². The number of carbonyl (C=O) groups excluding carboxylic acids is 1. The first-order chi connectivity index (χ1) is 18.0. The standard InChI is InChI=1S/C29H31F3N2O4/c1-33-15-14-27-24-18-7-10-21(37-3)25(24)38-26(27)20(12-13-28(27,36)22(33)16-18)34(2)23(35)11-6-17-4-8-19(9-5-17)29(30,31)32/h4-11,20,22,26,36H,12-16H2,1-3H3/t20-,22-,26+,27+,28-/m1/s1. The van der Waals surface area contributed by atoms with Gasteiger partial charge in [0.25, 0.3) is 0 Å². The van der Waals surface area contributed by atoms with Crippen molar-refractivity contribution in [2.75, 3.05) is 27.7 Å². The summed E-state index contributed by atoms with van der Waals surface area (Å²) in [6.07, 6.45) is 0.574. The Kier molecular flexibility index (Phi) is 5.63. The summed E-state index contributed by atoms with van der Waals surface area (Å²) in [7, 11) is 5.39. The van der Waals surface area contributed by atoms with Crippen LogP contribution in [0, 0.1) is 0 Å². The van der Waals surface area contributed by atoms with Gasteiger partial charge in [0.15, 0.2) is 11.5 Å². The molecule has 38 heavy (non-hydrogen) atoms. The first-order valence-corrected chi connectivity index (χ1v) is 12.9. The molecule has 6 rings (SSSR count). The lowest BCUT2D eigenvalue weighted by molar-refractivity contribution is -0.195. The molecule has 2 aromatic rings. The maximum absolute atomic E-state index is 13.3. The second-order valence-electron chi connectivity index (χ2n) is 11.0. The van der Waals surface area contributed by atoms with Gasteiger partial charge in [-0.25, -0.2) is 0 Å². The van der Waals surface area contributed by atoms with Crippen LogP contribution < -0.4 is 9.47 Å². The van der Waals surface area contributed by atoms with Gasteiger partial charge < -0.3 is 24.4 Å². The summed E-state index contributed by atoms with van der Waals surface area (Å²) in [4.78, 5) is 17.2. The highest BCUT2D eigenvalue weighted by molar-refractivity contribution is 5.92. The van der Waals surface area contributed by atoms with Gasteiger partial charge in [0, 0.05) is 24.7 Å². The van der Waals surface area contributed by atoms with Crippen LogP contribution in [0.25, 0.3) is 6.08 Å². The van der Waals surface area contributed by atoms with Crippen LogP contribution in [0.3, 0.4) is 0 Å². The molecule has 6 nitrogen and oxygen atoms in total. The van der Waals surface area contributed by atoms with E-state index in [0.717, 1.165) is 36.2 Å². The molecule has 2 fully saturated rings. The number of ether oxygens (including phenoxy) is 2. The number of hydrogen-bond donors (Lipinski definition) is 1. The van der Waals surface area contributed by atoms with Crippen molar-refractivity contribution in [3.05, 3.63) is 64.7 Å². The Bertz CT molecular complexity index is 1310. The number of benzene rings is 2. The van der Waals surface area contributed by atoms with Gasteiger partial charge in [-0.2, -0.15) is 13.2 Å². The third kappa shape index (κ3) is 3.37. The fraction of sp³-hybridized carbons (Fsp3) is 0.483. The van der Waals surface area contributed by atoms with Crippen LogP contribution in [0.5, 0.6) is 11.5 Å². The molecule has 2 aliphatic carbocycles. The Morgan fingerprint density at radius 2 is 1.95 bits per heavy atom. The van der Waals surface area contributed by atoms with Crippen LogP contribution in [0.15, 0.2) is 42.5 Å². The van der Waals surface area contributed by atoms with E-state index in [1.165, 1.54) is 24.3 Å². The molecule has 1 saturated carbocycles. The minimum atomic E-state index is -4.41. The number of likely N-dealkylation sites (tertiary alicyclic amines) is 1. The Labute approximate surface area is 219 Å². The highest BCUT2D eigenvalue weighted by Gasteiger charge is 2.73. The minimum absolute atomic E-state index is 0.0456. The Morgan fingerprint density at radius 3 is 2.63 bits per heavy atom. The van der Waals surface area contributed by atoms with Crippen molar-refractivity contribution in [3.63, 3.8) is 0 Å². The van der Waals surface area contributed by atoms with Gasteiger partial charge in [-0.15, -0.1) is 0 Å². The number of likely N-dealkylation sites (N-methyl/N-ethyl adjacent to an activating group) is 2. The predicted molar refractivity (Wildman–Crippen MR) is 135 cm³/mol. The summed E-state index contributed by atoms with van der Waals surface area (Å²) in [5.74, 6) is 1.02. The van der Waals surface area contributed by atoms with Crippen LogP contribution in [-0.4, -0.2) is 72.4 Å². The monoisotopic (exact) mass is 528 g/mol. The first-order valence-electron chi connectivity index (χ1n) is 12.9. The Morgan fingerprint density at radius 1 is 1.21 bits per heavy atom. The molecule has 5 atom stereocenters. The number of alkyl halides is 3. The lowest BCUT2D eigenvalue weighted by Crippen LogP contribution is -2.77. The molecule has 0 unspecified atom stereocenters. The zero-order chi connectivity index (χ0) is 27.0. The highest BCUT2D eigenvalue weighted by Crippen LogP contribution is 2.65. The van der Waals surface area contributed by atoms with Crippen molar-refractivity contribution in [2.24, 2.45) is 0 Å². The molecule has 0 aromatic heterocycles. The summed E-state index contributed by atoms with van der Waals surface area (Å²) in [5, 5.41) is 12.4. The van der Waals surface area contributed by atoms with E-state index in [1.54, 1.807) is 19.1 Å². The van der Waals surface area contributed by atoms with Crippen LogP contribution in [0.1, 0.15) is 41.5 Å². The van der Waals surface area contributed by atoms with E-state index in [1.807, 2.05) is 6.07 Å². The average molecular weight is 529 g/mol. The van der Waals surface area contributed by atoms with Gasteiger partial charge in [-0.3, -0.25) is 4.79 Å². The van der Waals surface area contributed by atoms with E-state index >= 15 is 0 Å². The molecule has 2 bridgehead atoms. The molecule has 9 heteroatoms. The zero-order valence-electron chi connectivity index (χ0n) is 21.6. The molecule has 4 aliphatic rings. The van der Waals surface area contributed by atoms with Crippen molar-refractivity contribution in [1.29, 1.82) is 0 Å². The topological polar surface area (TPSA) is 62.2 Å². The van der Waals surface area contributed by atoms with E-state index < -0.39 is 28.9 Å². The van der Waals surface area contributed by atoms with Crippen LogP contribution in [-0.2, 0) is 22.8 Å². The number of hydrogen-bond acceptors (Lipinski definition) is 5. The summed E-state index contributed by atoms with van der Waals surface area (Å²) in [6.45, 7) is 0.807. The third-order valence-electron chi connectivity index (χ3n) is 9.40. The summed E-state index contributed by atoms with van der Waals surface area (Å²) < 4.78 is 50.9. The van der Waals surface area contributed by atoms with Gasteiger partial charge >= 0.3 is 6.18 Å². The number of piperidine rings is 1. The lowest BCUT2D eigenvalue weighted by atomic mass is 9.48. The molecule has 1 spiro atoms. The van der Waals surface area contributed by atoms with Crippen molar-refractivity contribution in [1.82, 2.24) is 9.80 Å². The Hall–Kier alpha value is -3.04. The first kappa shape index (κ1) is 25.2.